The Morgan fingerprint density at radius 3 is 2.70 bits per heavy atom. The lowest BCUT2D eigenvalue weighted by Gasteiger charge is -2.18. The molecule has 1 aromatic rings. The van der Waals surface area contributed by atoms with Crippen LogP contribution in [0.2, 0.25) is 0 Å². The Morgan fingerprint density at radius 2 is 2.05 bits per heavy atom. The Balaban J connectivity index is 2.68. The lowest BCUT2D eigenvalue weighted by atomic mass is 10.2. The van der Waals surface area contributed by atoms with Crippen molar-refractivity contribution in [3.8, 4) is 5.75 Å². The first-order valence-corrected chi connectivity index (χ1v) is 8.35. The summed E-state index contributed by atoms with van der Waals surface area (Å²) in [5.41, 5.74) is 0. The number of aromatic nitrogens is 2. The third-order valence-electron chi connectivity index (χ3n) is 2.83. The number of hydrogen-bond acceptors (Lipinski definition) is 6. The molecule has 1 unspecified atom stereocenters. The van der Waals surface area contributed by atoms with Gasteiger partial charge in [0.25, 0.3) is 0 Å². The smallest absolute Gasteiger partial charge is 0.204 e. The number of anilines is 2. The zero-order valence-corrected chi connectivity index (χ0v) is 13.7. The molecular weight excluding hydrogens is 272 g/mol. The number of methoxy groups -OCH3 is 1. The zero-order valence-electron chi connectivity index (χ0n) is 12.9. The van der Waals surface area contributed by atoms with Gasteiger partial charge in [-0.05, 0) is 31.3 Å². The van der Waals surface area contributed by atoms with Crippen molar-refractivity contribution in [2.45, 2.75) is 39.7 Å². The van der Waals surface area contributed by atoms with E-state index >= 15 is 0 Å². The monoisotopic (exact) mass is 298 g/mol. The Bertz CT molecular complexity index is 389. The SMILES string of the molecule is CCCNc1ncnc(NC(C)CCSCC)c1OC. The Hall–Kier alpha value is -1.17. The number of nitrogens with zero attached hydrogens (tertiary/aromatic N) is 2. The first kappa shape index (κ1) is 16.9. The van der Waals surface area contributed by atoms with Crippen molar-refractivity contribution < 1.29 is 4.74 Å². The third-order valence-corrected chi connectivity index (χ3v) is 3.77. The van der Waals surface area contributed by atoms with E-state index in [-0.39, 0.29) is 0 Å². The van der Waals surface area contributed by atoms with E-state index < -0.39 is 0 Å². The topological polar surface area (TPSA) is 59.1 Å². The fraction of sp³-hybridized carbons (Fsp3) is 0.714. The van der Waals surface area contributed by atoms with E-state index in [9.17, 15) is 0 Å². The van der Waals surface area contributed by atoms with Crippen LogP contribution in [-0.4, -0.2) is 41.2 Å². The molecule has 0 radical (unpaired) electrons. The Labute approximate surface area is 126 Å². The molecule has 1 heterocycles. The molecule has 0 aliphatic carbocycles. The van der Waals surface area contributed by atoms with Crippen LogP contribution in [-0.2, 0) is 0 Å². The molecule has 0 aromatic carbocycles. The summed E-state index contributed by atoms with van der Waals surface area (Å²) in [6.45, 7) is 7.33. The summed E-state index contributed by atoms with van der Waals surface area (Å²) in [6, 6.07) is 0.358. The largest absolute Gasteiger partial charge is 0.490 e. The van der Waals surface area contributed by atoms with E-state index in [1.165, 1.54) is 0 Å². The first-order chi connectivity index (χ1) is 9.72. The minimum absolute atomic E-state index is 0.358. The van der Waals surface area contributed by atoms with E-state index in [0.29, 0.717) is 11.8 Å². The highest BCUT2D eigenvalue weighted by molar-refractivity contribution is 7.99. The number of ether oxygens (including phenoxy) is 1. The van der Waals surface area contributed by atoms with E-state index in [2.05, 4.69) is 41.4 Å². The number of nitrogens with one attached hydrogen (secondary N) is 2. The normalized spacial score (nSPS) is 12.0. The van der Waals surface area contributed by atoms with Gasteiger partial charge in [-0.25, -0.2) is 9.97 Å². The van der Waals surface area contributed by atoms with Crippen molar-refractivity contribution in [3.05, 3.63) is 6.33 Å². The minimum Gasteiger partial charge on any atom is -0.490 e. The number of hydrogen-bond donors (Lipinski definition) is 2. The van der Waals surface area contributed by atoms with Crippen molar-refractivity contribution in [1.29, 1.82) is 0 Å². The minimum atomic E-state index is 0.358. The van der Waals surface area contributed by atoms with Crippen LogP contribution < -0.4 is 15.4 Å². The van der Waals surface area contributed by atoms with Crippen LogP contribution in [0.15, 0.2) is 6.33 Å². The van der Waals surface area contributed by atoms with Crippen LogP contribution in [0.4, 0.5) is 11.6 Å². The molecule has 0 aliphatic heterocycles. The highest BCUT2D eigenvalue weighted by Gasteiger charge is 2.13. The summed E-state index contributed by atoms with van der Waals surface area (Å²) < 4.78 is 5.44. The molecular formula is C14H26N4OS. The van der Waals surface area contributed by atoms with Gasteiger partial charge < -0.3 is 15.4 Å². The summed E-state index contributed by atoms with van der Waals surface area (Å²) in [6.07, 6.45) is 3.71. The highest BCUT2D eigenvalue weighted by atomic mass is 32.2. The van der Waals surface area contributed by atoms with Gasteiger partial charge in [0.2, 0.25) is 5.75 Å². The molecule has 114 valence electrons. The van der Waals surface area contributed by atoms with Gasteiger partial charge in [-0.15, -0.1) is 0 Å². The maximum atomic E-state index is 5.44. The van der Waals surface area contributed by atoms with Gasteiger partial charge >= 0.3 is 0 Å². The van der Waals surface area contributed by atoms with E-state index in [1.807, 2.05) is 11.8 Å². The molecule has 0 saturated carbocycles. The lowest BCUT2D eigenvalue weighted by molar-refractivity contribution is 0.414. The average molecular weight is 298 g/mol. The van der Waals surface area contributed by atoms with E-state index in [1.54, 1.807) is 13.4 Å². The van der Waals surface area contributed by atoms with Gasteiger partial charge in [0, 0.05) is 12.6 Å². The highest BCUT2D eigenvalue weighted by Crippen LogP contribution is 2.29. The molecule has 20 heavy (non-hydrogen) atoms. The Morgan fingerprint density at radius 1 is 1.30 bits per heavy atom. The summed E-state index contributed by atoms with van der Waals surface area (Å²) in [4.78, 5) is 8.53. The second-order valence-corrected chi connectivity index (χ2v) is 5.96. The van der Waals surface area contributed by atoms with Crippen molar-refractivity contribution in [3.63, 3.8) is 0 Å². The standard InChI is InChI=1S/C14H26N4OS/c1-5-8-15-13-12(19-4)14(17-10-16-13)18-11(3)7-9-20-6-2/h10-11H,5-9H2,1-4H3,(H2,15,16,17,18). The Kier molecular flexibility index (Phi) is 8.18. The van der Waals surface area contributed by atoms with Gasteiger partial charge in [0.1, 0.15) is 6.33 Å². The summed E-state index contributed by atoms with van der Waals surface area (Å²) >= 11 is 1.95. The molecule has 2 N–H and O–H groups in total. The maximum Gasteiger partial charge on any atom is 0.204 e. The molecule has 0 amide bonds. The average Bonchev–Trinajstić information content (AvgIpc) is 2.45. The molecule has 0 spiro atoms. The first-order valence-electron chi connectivity index (χ1n) is 7.20. The van der Waals surface area contributed by atoms with E-state index in [0.717, 1.165) is 42.5 Å². The predicted molar refractivity (Wildman–Crippen MR) is 88.1 cm³/mol. The number of rotatable bonds is 10. The molecule has 6 heteroatoms. The molecule has 0 aliphatic rings. The second kappa shape index (κ2) is 9.69. The van der Waals surface area contributed by atoms with Crippen LogP contribution in [0.25, 0.3) is 0 Å². The molecule has 1 rings (SSSR count). The van der Waals surface area contributed by atoms with Gasteiger partial charge in [-0.3, -0.25) is 0 Å². The van der Waals surface area contributed by atoms with Crippen LogP contribution in [0.3, 0.4) is 0 Å². The summed E-state index contributed by atoms with van der Waals surface area (Å²) in [7, 11) is 1.65. The van der Waals surface area contributed by atoms with Crippen LogP contribution in [0.1, 0.15) is 33.6 Å². The molecule has 0 saturated heterocycles. The van der Waals surface area contributed by atoms with Crippen LogP contribution >= 0.6 is 11.8 Å². The predicted octanol–water partition coefficient (Wildman–Crippen LogP) is 3.25. The third kappa shape index (κ3) is 5.45. The lowest BCUT2D eigenvalue weighted by Crippen LogP contribution is -2.18. The number of thioether (sulfide) groups is 1. The van der Waals surface area contributed by atoms with Gasteiger partial charge in [0.05, 0.1) is 7.11 Å². The molecule has 5 nitrogen and oxygen atoms in total. The van der Waals surface area contributed by atoms with Crippen molar-refractivity contribution in [2.75, 3.05) is 35.8 Å². The molecule has 1 atom stereocenters. The van der Waals surface area contributed by atoms with Crippen LogP contribution in [0.5, 0.6) is 5.75 Å². The van der Waals surface area contributed by atoms with Crippen molar-refractivity contribution >= 4 is 23.4 Å². The maximum absolute atomic E-state index is 5.44. The second-order valence-electron chi connectivity index (χ2n) is 4.56. The summed E-state index contributed by atoms with van der Waals surface area (Å²) in [5.74, 6) is 4.52. The quantitative estimate of drug-likeness (QED) is 0.647. The summed E-state index contributed by atoms with van der Waals surface area (Å²) in [5, 5.41) is 6.67. The molecule has 0 bridgehead atoms. The molecule has 1 aromatic heterocycles. The molecule has 0 fully saturated rings. The van der Waals surface area contributed by atoms with Gasteiger partial charge in [-0.2, -0.15) is 11.8 Å². The van der Waals surface area contributed by atoms with Gasteiger partial charge in [0.15, 0.2) is 11.6 Å². The van der Waals surface area contributed by atoms with Crippen molar-refractivity contribution in [1.82, 2.24) is 9.97 Å². The zero-order chi connectivity index (χ0) is 14.8. The van der Waals surface area contributed by atoms with E-state index in [4.69, 9.17) is 4.74 Å². The van der Waals surface area contributed by atoms with Gasteiger partial charge in [-0.1, -0.05) is 13.8 Å². The van der Waals surface area contributed by atoms with Crippen LogP contribution in [0, 0.1) is 0 Å². The fourth-order valence-electron chi connectivity index (χ4n) is 1.75. The fourth-order valence-corrected chi connectivity index (χ4v) is 2.56. The van der Waals surface area contributed by atoms with Crippen molar-refractivity contribution in [2.24, 2.45) is 0 Å².